The van der Waals surface area contributed by atoms with Gasteiger partial charge in [0.25, 0.3) is 0 Å². The lowest BCUT2D eigenvalue weighted by Gasteiger charge is -2.21. The van der Waals surface area contributed by atoms with Crippen molar-refractivity contribution in [1.29, 1.82) is 0 Å². The number of nitrogens with one attached hydrogen (secondary N) is 1. The molecule has 2 aliphatic heterocycles. The summed E-state index contributed by atoms with van der Waals surface area (Å²) < 4.78 is 43.7. The van der Waals surface area contributed by atoms with Gasteiger partial charge >= 0.3 is 12.1 Å². The summed E-state index contributed by atoms with van der Waals surface area (Å²) in [6, 6.07) is 2.52. The maximum absolute atomic E-state index is 12.8. The van der Waals surface area contributed by atoms with Gasteiger partial charge in [0, 0.05) is 0 Å². The number of amides is 1. The number of rotatable bonds is 3. The summed E-state index contributed by atoms with van der Waals surface area (Å²) in [6.45, 7) is 0. The third kappa shape index (κ3) is 2.87. The van der Waals surface area contributed by atoms with Crippen molar-refractivity contribution >= 4 is 29.2 Å². The number of hydrogen-bond donors (Lipinski definition) is 2. The molecule has 0 radical (unpaired) electrons. The van der Waals surface area contributed by atoms with Gasteiger partial charge in [-0.05, 0) is 18.2 Å². The molecule has 0 saturated carbocycles. The van der Waals surface area contributed by atoms with E-state index >= 15 is 0 Å². The number of carboxylic acids is 1. The first-order valence-corrected chi connectivity index (χ1v) is 7.30. The first-order valence-electron chi connectivity index (χ1n) is 6.92. The molecule has 0 aromatic heterocycles. The summed E-state index contributed by atoms with van der Waals surface area (Å²) >= 11 is 5.83. The van der Waals surface area contributed by atoms with E-state index in [0.29, 0.717) is 6.07 Å². The molecular weight excluding hydrogens is 351 g/mol. The Morgan fingerprint density at radius 3 is 2.38 bits per heavy atom. The highest BCUT2D eigenvalue weighted by molar-refractivity contribution is 6.33. The molecule has 0 unspecified atom stereocenters. The zero-order chi connectivity index (χ0) is 17.6. The van der Waals surface area contributed by atoms with Crippen LogP contribution in [-0.2, 0) is 20.5 Å². The molecule has 1 aromatic carbocycles. The first-order chi connectivity index (χ1) is 11.2. The van der Waals surface area contributed by atoms with Gasteiger partial charge in [-0.3, -0.25) is 9.59 Å². The quantitative estimate of drug-likeness (QED) is 0.812. The Balaban J connectivity index is 1.85. The lowest BCUT2D eigenvalue weighted by molar-refractivity contribution is -0.145. The molecule has 3 rings (SSSR count). The fraction of sp³-hybridized carbons (Fsp3) is 0.333. The van der Waals surface area contributed by atoms with Gasteiger partial charge < -0.3 is 15.2 Å². The highest BCUT2D eigenvalue weighted by Gasteiger charge is 2.53. The Hall–Kier alpha value is -2.06. The smallest absolute Gasteiger partial charge is 0.416 e. The Kier molecular flexibility index (Phi) is 4.05. The molecule has 1 fully saturated rings. The monoisotopic (exact) mass is 361 g/mol. The average molecular weight is 362 g/mol. The van der Waals surface area contributed by atoms with Gasteiger partial charge in [0.05, 0.1) is 34.4 Å². The maximum Gasteiger partial charge on any atom is 0.416 e. The minimum atomic E-state index is -4.59. The van der Waals surface area contributed by atoms with E-state index in [-0.39, 0.29) is 10.7 Å². The lowest BCUT2D eigenvalue weighted by atomic mass is 9.82. The number of carboxylic acid groups (broad SMARTS) is 1. The molecule has 2 bridgehead atoms. The van der Waals surface area contributed by atoms with Crippen LogP contribution in [0.4, 0.5) is 18.9 Å². The van der Waals surface area contributed by atoms with Crippen LogP contribution in [-0.4, -0.2) is 29.2 Å². The molecule has 2 N–H and O–H groups in total. The van der Waals surface area contributed by atoms with Crippen LogP contribution >= 0.6 is 11.6 Å². The molecule has 1 aromatic rings. The van der Waals surface area contributed by atoms with Crippen molar-refractivity contribution in [2.45, 2.75) is 18.4 Å². The minimum Gasteiger partial charge on any atom is -0.481 e. The van der Waals surface area contributed by atoms with Crippen molar-refractivity contribution in [2.75, 3.05) is 5.32 Å². The molecule has 5 nitrogen and oxygen atoms in total. The topological polar surface area (TPSA) is 75.6 Å². The second-order valence-electron chi connectivity index (χ2n) is 5.52. The normalized spacial score (nSPS) is 28.2. The standard InChI is InChI=1S/C15H11ClF3NO4/c16-7-2-1-6(15(17,18)19)5-8(7)20-13(21)11-9-3-4-10(24-9)12(11)14(22)23/h1-5,9-12H,(H,20,21)(H,22,23)/t9-,10-,11+,12-/m0/s1. The van der Waals surface area contributed by atoms with E-state index < -0.39 is 47.7 Å². The summed E-state index contributed by atoms with van der Waals surface area (Å²) in [5.41, 5.74) is -1.20. The Labute approximate surface area is 139 Å². The second kappa shape index (κ2) is 5.78. The van der Waals surface area contributed by atoms with E-state index in [1.807, 2.05) is 0 Å². The van der Waals surface area contributed by atoms with Crippen LogP contribution in [0.2, 0.25) is 5.02 Å². The number of carbonyl (C=O) groups excluding carboxylic acids is 1. The van der Waals surface area contributed by atoms with Crippen molar-refractivity contribution in [3.8, 4) is 0 Å². The Morgan fingerprint density at radius 1 is 1.17 bits per heavy atom. The van der Waals surface area contributed by atoms with Crippen molar-refractivity contribution < 1.29 is 32.6 Å². The van der Waals surface area contributed by atoms with Crippen molar-refractivity contribution in [1.82, 2.24) is 0 Å². The van der Waals surface area contributed by atoms with Crippen LogP contribution in [0.5, 0.6) is 0 Å². The van der Waals surface area contributed by atoms with Gasteiger partial charge in [-0.15, -0.1) is 0 Å². The fourth-order valence-corrected chi connectivity index (χ4v) is 3.09. The van der Waals surface area contributed by atoms with Crippen molar-refractivity contribution in [2.24, 2.45) is 11.8 Å². The van der Waals surface area contributed by atoms with Gasteiger partial charge in [-0.1, -0.05) is 23.8 Å². The summed E-state index contributed by atoms with van der Waals surface area (Å²) in [5.74, 6) is -4.09. The molecule has 4 atom stereocenters. The molecule has 2 heterocycles. The zero-order valence-electron chi connectivity index (χ0n) is 11.9. The van der Waals surface area contributed by atoms with E-state index in [0.717, 1.165) is 12.1 Å². The number of alkyl halides is 3. The third-order valence-electron chi connectivity index (χ3n) is 4.04. The number of benzene rings is 1. The predicted molar refractivity (Wildman–Crippen MR) is 77.5 cm³/mol. The van der Waals surface area contributed by atoms with Crippen LogP contribution in [0.25, 0.3) is 0 Å². The van der Waals surface area contributed by atoms with Gasteiger partial charge in [0.2, 0.25) is 5.91 Å². The summed E-state index contributed by atoms with van der Waals surface area (Å²) in [4.78, 5) is 23.7. The summed E-state index contributed by atoms with van der Waals surface area (Å²) in [7, 11) is 0. The number of aliphatic carboxylic acids is 1. The summed E-state index contributed by atoms with van der Waals surface area (Å²) in [5, 5.41) is 11.5. The third-order valence-corrected chi connectivity index (χ3v) is 4.37. The van der Waals surface area contributed by atoms with Crippen LogP contribution in [0.3, 0.4) is 0 Å². The largest absolute Gasteiger partial charge is 0.481 e. The Morgan fingerprint density at radius 2 is 1.79 bits per heavy atom. The molecule has 2 aliphatic rings. The van der Waals surface area contributed by atoms with Gasteiger partial charge in [-0.25, -0.2) is 0 Å². The van der Waals surface area contributed by atoms with Crippen LogP contribution < -0.4 is 5.32 Å². The molecular formula is C15H11ClF3NO4. The fourth-order valence-electron chi connectivity index (χ4n) is 2.93. The molecule has 9 heteroatoms. The molecule has 1 amide bonds. The maximum atomic E-state index is 12.8. The van der Waals surface area contributed by atoms with Gasteiger partial charge in [-0.2, -0.15) is 13.2 Å². The van der Waals surface area contributed by atoms with Crippen molar-refractivity contribution in [3.05, 3.63) is 40.9 Å². The zero-order valence-corrected chi connectivity index (χ0v) is 12.6. The molecule has 128 valence electrons. The first kappa shape index (κ1) is 16.8. The highest BCUT2D eigenvalue weighted by Crippen LogP contribution is 2.40. The second-order valence-corrected chi connectivity index (χ2v) is 5.93. The number of carbonyl (C=O) groups is 2. The van der Waals surface area contributed by atoms with E-state index in [2.05, 4.69) is 5.32 Å². The molecule has 1 saturated heterocycles. The van der Waals surface area contributed by atoms with E-state index in [9.17, 15) is 27.9 Å². The SMILES string of the molecule is O=C(O)[C@@H]1[C@H](C(=O)Nc2cc(C(F)(F)F)ccc2Cl)[C@@H]2C=C[C@@H]1O2. The Bertz CT molecular complexity index is 734. The van der Waals surface area contributed by atoms with Gasteiger partial charge in [0.1, 0.15) is 5.92 Å². The lowest BCUT2D eigenvalue weighted by Crippen LogP contribution is -2.39. The number of ether oxygens (including phenoxy) is 1. The van der Waals surface area contributed by atoms with Gasteiger partial charge in [0.15, 0.2) is 0 Å². The molecule has 0 aliphatic carbocycles. The van der Waals surface area contributed by atoms with Crippen LogP contribution in [0.15, 0.2) is 30.4 Å². The van der Waals surface area contributed by atoms with E-state index in [4.69, 9.17) is 16.3 Å². The molecule has 0 spiro atoms. The number of fused-ring (bicyclic) bond motifs is 2. The van der Waals surface area contributed by atoms with E-state index in [1.165, 1.54) is 0 Å². The molecule has 24 heavy (non-hydrogen) atoms. The number of anilines is 1. The van der Waals surface area contributed by atoms with Crippen molar-refractivity contribution in [3.63, 3.8) is 0 Å². The van der Waals surface area contributed by atoms with Crippen LogP contribution in [0.1, 0.15) is 5.56 Å². The average Bonchev–Trinajstić information content (AvgIpc) is 3.08. The van der Waals surface area contributed by atoms with Crippen LogP contribution in [0, 0.1) is 11.8 Å². The number of halogens is 4. The van der Waals surface area contributed by atoms with E-state index in [1.54, 1.807) is 12.2 Å². The summed E-state index contributed by atoms with van der Waals surface area (Å²) in [6.07, 6.45) is -2.90. The number of hydrogen-bond acceptors (Lipinski definition) is 3. The highest BCUT2D eigenvalue weighted by atomic mass is 35.5. The minimum absolute atomic E-state index is 0.0807. The predicted octanol–water partition coefficient (Wildman–Crippen LogP) is 2.95.